The first-order chi connectivity index (χ1) is 65.7. The smallest absolute Gasteiger partial charge is 1.00 e. The van der Waals surface area contributed by atoms with Gasteiger partial charge in [0, 0.05) is 52.4 Å². The largest absolute Gasteiger partial charge is 1.00 e. The molecule has 11 nitrogen and oxygen atoms in total. The molecule has 14 heterocycles. The number of rotatable bonds is 12. The number of alkyl halides is 2. The fraction of sp³-hybridized carbons (Fsp3) is 0.446. The van der Waals surface area contributed by atoms with Gasteiger partial charge in [-0.1, -0.05) is 70.8 Å². The van der Waals surface area contributed by atoms with Crippen molar-refractivity contribution in [3.8, 4) is 40.9 Å². The van der Waals surface area contributed by atoms with Crippen molar-refractivity contribution in [3.05, 3.63) is 206 Å². The number of thiocarbonyl (C=S) groups is 5. The number of benzene rings is 4. The Morgan fingerprint density at radius 1 is 0.434 bits per heavy atom. The van der Waals surface area contributed by atoms with Crippen LogP contribution in [0.5, 0.6) is 0 Å². The Bertz CT molecular complexity index is 5780. The number of likely N-dealkylation sites (tertiary alicyclic amines) is 4. The van der Waals surface area contributed by atoms with E-state index in [0.29, 0.717) is 0 Å². The van der Waals surface area contributed by atoms with Gasteiger partial charge in [0.25, 0.3) is 0 Å². The normalized spacial score (nSPS) is 15.5. The van der Waals surface area contributed by atoms with E-state index in [1.54, 1.807) is 56.7 Å². The van der Waals surface area contributed by atoms with Gasteiger partial charge in [0.15, 0.2) is 0 Å². The predicted molar refractivity (Wildman–Crippen MR) is 605 cm³/mol. The second kappa shape index (κ2) is 58.0. The van der Waals surface area contributed by atoms with Gasteiger partial charge in [-0.05, 0) is 89.1 Å². The first-order valence-electron chi connectivity index (χ1n) is 46.5. The summed E-state index contributed by atoms with van der Waals surface area (Å²) in [7, 11) is -4.12. The third kappa shape index (κ3) is 37.6. The van der Waals surface area contributed by atoms with Crippen molar-refractivity contribution >= 4 is 259 Å². The van der Waals surface area contributed by atoms with E-state index in [-0.39, 0.29) is 98.2 Å². The quantitative estimate of drug-likeness (QED) is 0.0171. The number of hydrogen-bond donors (Lipinski definition) is 0. The average Bonchev–Trinajstić information content (AvgIpc) is 1.67. The predicted octanol–water partition coefficient (Wildman–Crippen LogP) is 17.9. The van der Waals surface area contributed by atoms with Crippen LogP contribution in [0, 0.1) is 10.8 Å². The maximum Gasteiger partial charge on any atom is 1.00 e. The topological polar surface area (TPSA) is 49.0 Å². The first kappa shape index (κ1) is 127. The zero-order chi connectivity index (χ0) is 102. The van der Waals surface area contributed by atoms with E-state index < -0.39 is 16.3 Å². The van der Waals surface area contributed by atoms with Crippen molar-refractivity contribution in [1.82, 2.24) is 38.6 Å². The number of amides is 1. The molecule has 0 N–H and O–H groups in total. The van der Waals surface area contributed by atoms with Crippen molar-refractivity contribution in [2.45, 2.75) is 156 Å². The van der Waals surface area contributed by atoms with E-state index in [2.05, 4.69) is 272 Å². The summed E-state index contributed by atoms with van der Waals surface area (Å²) >= 11 is 47.7. The number of piperidine rings is 4. The molecule has 772 valence electrons. The van der Waals surface area contributed by atoms with Crippen LogP contribution in [0.3, 0.4) is 0 Å². The molecule has 18 rings (SSSR count). The van der Waals surface area contributed by atoms with E-state index in [0.717, 1.165) is 146 Å². The molecule has 2 aliphatic carbocycles. The molecule has 10 aliphatic rings. The molecular weight excluding hydrogens is 2250 g/mol. The number of anilines is 2. The van der Waals surface area contributed by atoms with Gasteiger partial charge in [-0.25, -0.2) is 0 Å². The van der Waals surface area contributed by atoms with Gasteiger partial charge in [-0.15, -0.1) is 56.6 Å². The van der Waals surface area contributed by atoms with Crippen LogP contribution in [0.1, 0.15) is 190 Å². The summed E-state index contributed by atoms with van der Waals surface area (Å²) in [5.74, 6) is 0.202. The SMILES string of the molecule is CCN(CC)C(=S)c1cc[c-]s1.CCN(CC)C(=S)c1cccs1.CN1CCC(C)(C)c2cc3c(-c4ccc(C(=O)N5CCCCC5)s4)c4ccc(=[N+](C)C)cc-4[se]c3cc21.CN1CCC(C)(C)c2cc3c(-c4ccc(C(=S)N5CCCCC5)s4)c4ccc(=[N+](C)C)cc-4[se]c3cc21.ClCCl.FP(F)(F)(F)F.FP(F)(F)(F)F.S=C(c1cc[c-]s1)N1CCCCC1.S=C(c1cccs1)N1CCCCC1.[F-].[F-].[Li+].[Li+]. The van der Waals surface area contributed by atoms with E-state index >= 15 is 0 Å². The minimum atomic E-state index is -8.55. The first-order valence-corrected chi connectivity index (χ1v) is 61.4. The second-order valence-electron chi connectivity index (χ2n) is 35.8. The van der Waals surface area contributed by atoms with Crippen LogP contribution < -0.4 is 76.8 Å². The van der Waals surface area contributed by atoms with Crippen LogP contribution in [0.15, 0.2) is 144 Å². The Kier molecular flexibility index (Phi) is 51.7. The summed E-state index contributed by atoms with van der Waals surface area (Å²) in [4.78, 5) is 46.2. The molecule has 1 amide bonds. The van der Waals surface area contributed by atoms with E-state index in [4.69, 9.17) is 84.3 Å². The standard InChI is InChI=1S/C31H36N3OSSe.C31H36N3S2Se.C10H13NS2.C10H12NS2.C9H13NS2.C9H12NS2.CH2Cl2.2F5P.2FH.2Li/c2*1-31(2)13-16-33(5)24-19-28-22(18-23(24)31)29(21-10-9-20(32(3)4)17-27(21)37-28)25-11-12-26(36-25)30(35)34-14-7-6-8-15-34;2*12-10(9-5-4-8-13-9)11-6-2-1-3-7-11;2*1-3-10(4-2)9(11)8-6-5-7-12-8;2-1-3;2*1-6(2,3,4)5;;;;/h2*9-12,17-19H,6-8,13-16H2,1-5H3;4-5,8H,1-3,6-7H2;4-5H,1-3,6-7H2;5-7H,3-4H2,1-2H3;5-6H,3-4H2,1-2H3;1H2;;;2*1H;;/q2*+1;;-1;;-1;;;;;;2*+1/p-2. The zero-order valence-electron chi connectivity index (χ0n) is 83.7. The zero-order valence-corrected chi connectivity index (χ0v) is 99.4. The molecule has 0 atom stereocenters. The Balaban J connectivity index is 0.000000270. The Morgan fingerprint density at radius 2 is 0.762 bits per heavy atom. The molecule has 143 heavy (non-hydrogen) atoms. The summed E-state index contributed by atoms with van der Waals surface area (Å²) < 4.78 is 109. The van der Waals surface area contributed by atoms with Crippen LogP contribution in [0.25, 0.3) is 60.2 Å². The van der Waals surface area contributed by atoms with Crippen molar-refractivity contribution in [2.24, 2.45) is 0 Å². The molecule has 8 aliphatic heterocycles. The number of fused-ring (bicyclic) bond motifs is 6. The molecule has 8 aromatic rings. The van der Waals surface area contributed by atoms with Crippen molar-refractivity contribution in [2.75, 3.05) is 149 Å². The molecule has 4 fully saturated rings. The number of thiophene rings is 6. The fourth-order valence-electron chi connectivity index (χ4n) is 17.1. The van der Waals surface area contributed by atoms with E-state index in [1.165, 1.54) is 184 Å². The summed E-state index contributed by atoms with van der Waals surface area (Å²) in [6, 6.07) is 49.1. The molecule has 0 spiro atoms. The maximum absolute atomic E-state index is 13.3. The van der Waals surface area contributed by atoms with Crippen LogP contribution in [0.4, 0.5) is 53.3 Å². The molecular formula is C101H124Cl2F12Li2N10OP2S11Se2. The third-order valence-electron chi connectivity index (χ3n) is 24.7. The van der Waals surface area contributed by atoms with Crippen LogP contribution in [-0.4, -0.2) is 229 Å². The fourth-order valence-corrected chi connectivity index (χ4v) is 28.6. The Hall–Kier alpha value is -4.23. The number of halogens is 14. The summed E-state index contributed by atoms with van der Waals surface area (Å²) in [6.45, 7) is 32.8. The number of nitrogens with zero attached hydrogens (tertiary/aromatic N) is 10. The minimum absolute atomic E-state index is 0. The van der Waals surface area contributed by atoms with Crippen molar-refractivity contribution in [1.29, 1.82) is 0 Å². The Labute approximate surface area is 933 Å². The number of carbonyl (C=O) groups is 1. The van der Waals surface area contributed by atoms with Crippen LogP contribution in [-0.2, 0) is 10.8 Å². The number of carbonyl (C=O) groups excluding carboxylic acids is 1. The van der Waals surface area contributed by atoms with Crippen LogP contribution >= 0.6 is 169 Å². The van der Waals surface area contributed by atoms with E-state index in [1.807, 2.05) is 40.5 Å². The molecule has 4 saturated heterocycles. The molecule has 0 unspecified atom stereocenters. The van der Waals surface area contributed by atoms with Crippen LogP contribution in [0.2, 0.25) is 0 Å². The van der Waals surface area contributed by atoms with E-state index in [9.17, 15) is 46.8 Å². The average molecular weight is 2380 g/mol. The second-order valence-corrected chi connectivity index (χ2v) is 51.5. The van der Waals surface area contributed by atoms with Crippen molar-refractivity contribution < 1.29 is 93.9 Å². The van der Waals surface area contributed by atoms with Gasteiger partial charge in [-0.2, -0.15) is 24.3 Å². The van der Waals surface area contributed by atoms with Gasteiger partial charge in [0.2, 0.25) is 0 Å². The summed E-state index contributed by atoms with van der Waals surface area (Å²) in [5.41, 5.74) is 11.5. The van der Waals surface area contributed by atoms with Gasteiger partial charge in [-0.3, -0.25) is 22.7 Å². The minimum Gasteiger partial charge on any atom is -1.00 e. The Morgan fingerprint density at radius 3 is 1.10 bits per heavy atom. The van der Waals surface area contributed by atoms with Crippen molar-refractivity contribution in [3.63, 3.8) is 0 Å². The summed E-state index contributed by atoms with van der Waals surface area (Å²) in [5, 5.41) is 15.8. The molecule has 42 heteroatoms. The number of hydrogen-bond acceptors (Lipinski definition) is 14. The molecule has 2 aromatic carbocycles. The van der Waals surface area contributed by atoms with Gasteiger partial charge in [0.05, 0.1) is 25.1 Å². The third-order valence-corrected chi connectivity index (χ3v) is 38.0. The molecule has 0 radical (unpaired) electrons. The van der Waals surface area contributed by atoms with Gasteiger partial charge < -0.3 is 29.0 Å². The monoisotopic (exact) mass is 2380 g/mol. The molecule has 6 aromatic heterocycles. The van der Waals surface area contributed by atoms with Gasteiger partial charge >= 0.3 is 564 Å². The summed E-state index contributed by atoms with van der Waals surface area (Å²) in [6.07, 6.45) is 17.5. The molecule has 0 saturated carbocycles. The molecule has 0 bridgehead atoms. The maximum atomic E-state index is 13.3. The van der Waals surface area contributed by atoms with Gasteiger partial charge in [0.1, 0.15) is 9.98 Å².